The van der Waals surface area contributed by atoms with E-state index in [9.17, 15) is 15.2 Å². The van der Waals surface area contributed by atoms with E-state index in [0.717, 1.165) is 29.7 Å². The number of pyridine rings is 1. The summed E-state index contributed by atoms with van der Waals surface area (Å²) in [5.41, 5.74) is 2.28. The second-order valence-corrected chi connectivity index (χ2v) is 6.79. The number of thiophene rings is 1. The first-order chi connectivity index (χ1) is 11.7. The van der Waals surface area contributed by atoms with Crippen molar-refractivity contribution >= 4 is 28.3 Å². The van der Waals surface area contributed by atoms with Gasteiger partial charge in [0.05, 0.1) is 11.3 Å². The molecule has 0 saturated carbocycles. The average Bonchev–Trinajstić information content (AvgIpc) is 2.96. The van der Waals surface area contributed by atoms with Gasteiger partial charge in [-0.25, -0.2) is 0 Å². The molecule has 0 aliphatic heterocycles. The van der Waals surface area contributed by atoms with Crippen molar-refractivity contribution in [2.45, 2.75) is 19.3 Å². The summed E-state index contributed by atoms with van der Waals surface area (Å²) in [6, 6.07) is 7.68. The normalized spacial score (nSPS) is 16.6. The first kappa shape index (κ1) is 16.4. The van der Waals surface area contributed by atoms with E-state index in [2.05, 4.69) is 16.4 Å². The third kappa shape index (κ3) is 3.53. The highest BCUT2D eigenvalue weighted by Gasteiger charge is 2.25. The molecule has 0 aromatic carbocycles. The summed E-state index contributed by atoms with van der Waals surface area (Å²) in [6.07, 6.45) is 7.14. The number of fused-ring (bicyclic) bond motifs is 1. The first-order valence-corrected chi connectivity index (χ1v) is 8.58. The Labute approximate surface area is 144 Å². The Morgan fingerprint density at radius 3 is 3.12 bits per heavy atom. The average molecular weight is 339 g/mol. The Morgan fingerprint density at radius 1 is 1.54 bits per heavy atom. The smallest absolute Gasteiger partial charge is 0.249 e. The summed E-state index contributed by atoms with van der Waals surface area (Å²) in [5.74, 6) is -0.0373. The minimum atomic E-state index is -0.283. The van der Waals surface area contributed by atoms with Crippen LogP contribution < -0.4 is 5.32 Å². The molecule has 0 spiro atoms. The molecule has 5 nitrogen and oxygen atoms in total. The van der Waals surface area contributed by atoms with Gasteiger partial charge >= 0.3 is 0 Å². The number of nitrogens with zero attached hydrogens (tertiary/aromatic N) is 2. The van der Waals surface area contributed by atoms with Gasteiger partial charge in [-0.05, 0) is 49.0 Å². The maximum Gasteiger partial charge on any atom is 0.249 e. The lowest BCUT2D eigenvalue weighted by Gasteiger charge is -2.19. The van der Waals surface area contributed by atoms with Crippen LogP contribution in [0.2, 0.25) is 0 Å². The summed E-state index contributed by atoms with van der Waals surface area (Å²) in [6.45, 7) is 0.160. The second-order valence-electron chi connectivity index (χ2n) is 5.69. The van der Waals surface area contributed by atoms with Gasteiger partial charge in [0.1, 0.15) is 11.1 Å². The summed E-state index contributed by atoms with van der Waals surface area (Å²) in [7, 11) is 0. The number of carbonyl (C=O) groups is 1. The molecular weight excluding hydrogens is 322 g/mol. The maximum atomic E-state index is 12.1. The lowest BCUT2D eigenvalue weighted by Crippen LogP contribution is -2.16. The number of aliphatic hydroxyl groups is 1. The van der Waals surface area contributed by atoms with Crippen molar-refractivity contribution in [2.75, 3.05) is 11.9 Å². The number of anilines is 1. The Hall–Kier alpha value is -2.49. The number of nitriles is 1. The maximum absolute atomic E-state index is 12.1. The highest BCUT2D eigenvalue weighted by atomic mass is 32.1. The molecule has 2 aromatic rings. The van der Waals surface area contributed by atoms with Gasteiger partial charge in [-0.2, -0.15) is 5.26 Å². The number of hydrogen-bond acceptors (Lipinski definition) is 5. The fourth-order valence-corrected chi connectivity index (χ4v) is 4.12. The van der Waals surface area contributed by atoms with Crippen LogP contribution in [0, 0.1) is 17.2 Å². The van der Waals surface area contributed by atoms with Crippen molar-refractivity contribution in [2.24, 2.45) is 5.92 Å². The van der Waals surface area contributed by atoms with E-state index in [1.54, 1.807) is 12.3 Å². The number of carbonyl (C=O) groups excluding carboxylic acids is 1. The van der Waals surface area contributed by atoms with Crippen LogP contribution in [0.5, 0.6) is 0 Å². The number of amides is 1. The summed E-state index contributed by atoms with van der Waals surface area (Å²) >= 11 is 1.44. The molecule has 0 saturated heterocycles. The van der Waals surface area contributed by atoms with Gasteiger partial charge in [-0.3, -0.25) is 9.78 Å². The van der Waals surface area contributed by atoms with Crippen LogP contribution in [0.25, 0.3) is 6.08 Å². The molecule has 2 aromatic heterocycles. The van der Waals surface area contributed by atoms with Crippen molar-refractivity contribution < 1.29 is 9.90 Å². The third-order valence-electron chi connectivity index (χ3n) is 4.07. The van der Waals surface area contributed by atoms with E-state index in [1.165, 1.54) is 17.4 Å². The van der Waals surface area contributed by atoms with Crippen molar-refractivity contribution in [3.8, 4) is 6.07 Å². The number of aliphatic hydroxyl groups excluding tert-OH is 1. The lowest BCUT2D eigenvalue weighted by atomic mass is 9.88. The van der Waals surface area contributed by atoms with E-state index in [4.69, 9.17) is 0 Å². The fraction of sp³-hybridized carbons (Fsp3) is 0.278. The van der Waals surface area contributed by atoms with Gasteiger partial charge < -0.3 is 10.4 Å². The largest absolute Gasteiger partial charge is 0.396 e. The Bertz CT molecular complexity index is 806. The lowest BCUT2D eigenvalue weighted by molar-refractivity contribution is -0.111. The van der Waals surface area contributed by atoms with E-state index < -0.39 is 0 Å². The molecule has 0 radical (unpaired) electrons. The molecule has 2 heterocycles. The highest BCUT2D eigenvalue weighted by molar-refractivity contribution is 7.16. The van der Waals surface area contributed by atoms with Crippen LogP contribution in [0.3, 0.4) is 0 Å². The quantitative estimate of drug-likeness (QED) is 0.839. The first-order valence-electron chi connectivity index (χ1n) is 7.77. The van der Waals surface area contributed by atoms with E-state index >= 15 is 0 Å². The molecule has 6 heteroatoms. The van der Waals surface area contributed by atoms with Crippen molar-refractivity contribution in [3.63, 3.8) is 0 Å². The molecule has 1 aliphatic carbocycles. The van der Waals surface area contributed by atoms with Crippen LogP contribution in [-0.2, 0) is 17.6 Å². The minimum absolute atomic E-state index is 0.160. The SMILES string of the molecule is N#Cc1c(NC(=O)/C=C/c2ccccn2)sc2c1CCC(CO)C2. The van der Waals surface area contributed by atoms with Crippen LogP contribution in [0.4, 0.5) is 5.00 Å². The van der Waals surface area contributed by atoms with Gasteiger partial charge in [-0.15, -0.1) is 11.3 Å². The zero-order valence-electron chi connectivity index (χ0n) is 13.0. The van der Waals surface area contributed by atoms with Crippen LogP contribution in [-0.4, -0.2) is 22.6 Å². The van der Waals surface area contributed by atoms with E-state index in [-0.39, 0.29) is 18.4 Å². The number of hydrogen-bond donors (Lipinski definition) is 2. The molecule has 1 amide bonds. The van der Waals surface area contributed by atoms with Crippen molar-refractivity contribution in [3.05, 3.63) is 52.2 Å². The zero-order valence-corrected chi connectivity index (χ0v) is 13.8. The standard InChI is InChI=1S/C18H17N3O2S/c19-10-15-14-6-4-12(11-22)9-16(14)24-18(15)21-17(23)7-5-13-3-1-2-8-20-13/h1-3,5,7-8,12,22H,4,6,9,11H2,(H,21,23)/b7-5+. The monoisotopic (exact) mass is 339 g/mol. The molecule has 3 rings (SSSR count). The van der Waals surface area contributed by atoms with Gasteiger partial charge in [0.15, 0.2) is 0 Å². The molecular formula is C18H17N3O2S. The minimum Gasteiger partial charge on any atom is -0.396 e. The fourth-order valence-electron chi connectivity index (χ4n) is 2.81. The number of aromatic nitrogens is 1. The van der Waals surface area contributed by atoms with E-state index in [0.29, 0.717) is 16.3 Å². The molecule has 1 unspecified atom stereocenters. The Kier molecular flexibility index (Phi) is 5.04. The molecule has 0 bridgehead atoms. The van der Waals surface area contributed by atoms with Crippen molar-refractivity contribution in [1.82, 2.24) is 4.98 Å². The summed E-state index contributed by atoms with van der Waals surface area (Å²) in [5, 5.41) is 22.2. The number of rotatable bonds is 4. The molecule has 0 fully saturated rings. The van der Waals surface area contributed by atoms with E-state index in [1.807, 2.05) is 18.2 Å². The van der Waals surface area contributed by atoms with Crippen molar-refractivity contribution in [1.29, 1.82) is 5.26 Å². The number of nitrogens with one attached hydrogen (secondary N) is 1. The van der Waals surface area contributed by atoms with Gasteiger partial charge in [0.25, 0.3) is 0 Å². The topological polar surface area (TPSA) is 86.0 Å². The molecule has 24 heavy (non-hydrogen) atoms. The predicted octanol–water partition coefficient (Wildman–Crippen LogP) is 2.76. The molecule has 1 atom stereocenters. The summed E-state index contributed by atoms with van der Waals surface area (Å²) < 4.78 is 0. The van der Waals surface area contributed by atoms with Crippen LogP contribution in [0.1, 0.15) is 28.1 Å². The highest BCUT2D eigenvalue weighted by Crippen LogP contribution is 2.39. The predicted molar refractivity (Wildman–Crippen MR) is 93.5 cm³/mol. The Balaban J connectivity index is 1.76. The molecule has 2 N–H and O–H groups in total. The van der Waals surface area contributed by atoms with Crippen LogP contribution in [0.15, 0.2) is 30.5 Å². The molecule has 1 aliphatic rings. The summed E-state index contributed by atoms with van der Waals surface area (Å²) in [4.78, 5) is 17.3. The van der Waals surface area contributed by atoms with Gasteiger partial charge in [0.2, 0.25) is 5.91 Å². The van der Waals surface area contributed by atoms with Crippen LogP contribution >= 0.6 is 11.3 Å². The van der Waals surface area contributed by atoms with Gasteiger partial charge in [-0.1, -0.05) is 6.07 Å². The Morgan fingerprint density at radius 2 is 2.42 bits per heavy atom. The second kappa shape index (κ2) is 7.39. The third-order valence-corrected chi connectivity index (χ3v) is 5.24. The van der Waals surface area contributed by atoms with Gasteiger partial charge in [0, 0.05) is 23.8 Å². The molecule has 122 valence electrons. The zero-order chi connectivity index (χ0) is 16.9.